The predicted octanol–water partition coefficient (Wildman–Crippen LogP) is 4.15. The molecule has 7 nitrogen and oxygen atoms in total. The Morgan fingerprint density at radius 1 is 1.15 bits per heavy atom. The maximum atomic E-state index is 13.3. The number of amides is 1. The molecule has 10 heteroatoms. The highest BCUT2D eigenvalue weighted by atomic mass is 19.4. The summed E-state index contributed by atoms with van der Waals surface area (Å²) in [6.07, 6.45) is -1.66. The molecule has 1 aliphatic rings. The number of alkyl halides is 3. The van der Waals surface area contributed by atoms with Crippen molar-refractivity contribution >= 4 is 11.7 Å². The zero-order valence-electron chi connectivity index (χ0n) is 18.0. The molecule has 0 unspecified atom stereocenters. The Labute approximate surface area is 189 Å². The molecule has 1 saturated heterocycles. The maximum Gasteiger partial charge on any atom is 0.435 e. The van der Waals surface area contributed by atoms with Gasteiger partial charge in [-0.05, 0) is 62.3 Å². The fraction of sp³-hybridized carbons (Fsp3) is 0.348. The number of ether oxygens (including phenoxy) is 1. The molecule has 0 bridgehead atoms. The number of hydrogen-bond donors (Lipinski definition) is 1. The van der Waals surface area contributed by atoms with Gasteiger partial charge in [-0.15, -0.1) is 0 Å². The lowest BCUT2D eigenvalue weighted by molar-refractivity contribution is -0.141. The maximum absolute atomic E-state index is 13.3. The van der Waals surface area contributed by atoms with Crippen molar-refractivity contribution in [3.05, 3.63) is 66.1 Å². The van der Waals surface area contributed by atoms with Crippen molar-refractivity contribution < 1.29 is 22.7 Å². The largest absolute Gasteiger partial charge is 0.497 e. The number of rotatable bonds is 6. The molecular formula is C23H24F3N5O2. The van der Waals surface area contributed by atoms with Crippen LogP contribution in [0.4, 0.5) is 19.0 Å². The first-order valence-electron chi connectivity index (χ1n) is 10.6. The molecule has 33 heavy (non-hydrogen) atoms. The van der Waals surface area contributed by atoms with Gasteiger partial charge in [0.1, 0.15) is 11.6 Å². The van der Waals surface area contributed by atoms with Crippen molar-refractivity contribution in [2.75, 3.05) is 25.5 Å². The standard InChI is InChI=1S/C23H24F3N5O2/c1-33-19-7-5-18(6-8-19)31-21(14-20(29-31)23(24,25)26)28-22(32)16-9-12-30(13-10-16)15-17-4-2-3-11-27-17/h2-8,11,14,16H,9-10,12-13,15H2,1H3,(H,28,32). The second kappa shape index (κ2) is 9.62. The van der Waals surface area contributed by atoms with E-state index in [1.807, 2.05) is 18.2 Å². The van der Waals surface area contributed by atoms with Crippen LogP contribution in [0.15, 0.2) is 54.7 Å². The number of nitrogens with zero attached hydrogens (tertiary/aromatic N) is 4. The third-order valence-electron chi connectivity index (χ3n) is 5.64. The van der Waals surface area contributed by atoms with E-state index in [0.29, 0.717) is 43.9 Å². The van der Waals surface area contributed by atoms with E-state index in [1.54, 1.807) is 30.5 Å². The van der Waals surface area contributed by atoms with E-state index in [9.17, 15) is 18.0 Å². The fourth-order valence-corrected chi connectivity index (χ4v) is 3.83. The molecule has 2 aromatic heterocycles. The van der Waals surface area contributed by atoms with Crippen LogP contribution in [-0.4, -0.2) is 45.8 Å². The molecule has 1 aliphatic heterocycles. The van der Waals surface area contributed by atoms with E-state index in [4.69, 9.17) is 4.74 Å². The molecule has 1 fully saturated rings. The summed E-state index contributed by atoms with van der Waals surface area (Å²) in [6, 6.07) is 13.0. The van der Waals surface area contributed by atoms with Gasteiger partial charge < -0.3 is 10.1 Å². The zero-order valence-corrected chi connectivity index (χ0v) is 18.0. The normalized spacial score (nSPS) is 15.4. The van der Waals surface area contributed by atoms with E-state index in [1.165, 1.54) is 7.11 Å². The Kier molecular flexibility index (Phi) is 6.64. The topological polar surface area (TPSA) is 72.3 Å². The van der Waals surface area contributed by atoms with E-state index >= 15 is 0 Å². The summed E-state index contributed by atoms with van der Waals surface area (Å²) < 4.78 is 46.1. The molecule has 0 saturated carbocycles. The number of hydrogen-bond acceptors (Lipinski definition) is 5. The molecular weight excluding hydrogens is 435 g/mol. The summed E-state index contributed by atoms with van der Waals surface area (Å²) in [5.74, 6) is -0.0622. The van der Waals surface area contributed by atoms with Gasteiger partial charge in [0.05, 0.1) is 18.5 Å². The second-order valence-corrected chi connectivity index (χ2v) is 7.88. The van der Waals surface area contributed by atoms with Gasteiger partial charge >= 0.3 is 6.18 Å². The molecule has 1 aromatic carbocycles. The highest BCUT2D eigenvalue weighted by Crippen LogP contribution is 2.32. The van der Waals surface area contributed by atoms with Crippen LogP contribution in [0.3, 0.4) is 0 Å². The van der Waals surface area contributed by atoms with E-state index < -0.39 is 11.9 Å². The summed E-state index contributed by atoms with van der Waals surface area (Å²) >= 11 is 0. The summed E-state index contributed by atoms with van der Waals surface area (Å²) in [4.78, 5) is 19.4. The van der Waals surface area contributed by atoms with Crippen molar-refractivity contribution in [2.24, 2.45) is 5.92 Å². The zero-order chi connectivity index (χ0) is 23.4. The number of benzene rings is 1. The summed E-state index contributed by atoms with van der Waals surface area (Å²) in [5, 5.41) is 6.35. The molecule has 174 valence electrons. The van der Waals surface area contributed by atoms with Gasteiger partial charge in [0.25, 0.3) is 0 Å². The highest BCUT2D eigenvalue weighted by Gasteiger charge is 2.36. The first kappa shape index (κ1) is 22.8. The first-order chi connectivity index (χ1) is 15.8. The summed E-state index contributed by atoms with van der Waals surface area (Å²) in [5.41, 5.74) is 0.272. The lowest BCUT2D eigenvalue weighted by Gasteiger charge is -2.31. The van der Waals surface area contributed by atoms with Crippen LogP contribution in [0.1, 0.15) is 24.2 Å². The van der Waals surface area contributed by atoms with Gasteiger partial charge in [0.15, 0.2) is 5.69 Å². The van der Waals surface area contributed by atoms with Crippen LogP contribution in [0.2, 0.25) is 0 Å². The molecule has 0 atom stereocenters. The lowest BCUT2D eigenvalue weighted by atomic mass is 9.96. The lowest BCUT2D eigenvalue weighted by Crippen LogP contribution is -2.38. The Bertz CT molecular complexity index is 1080. The highest BCUT2D eigenvalue weighted by molar-refractivity contribution is 5.92. The van der Waals surface area contributed by atoms with E-state index in [-0.39, 0.29) is 17.6 Å². The van der Waals surface area contributed by atoms with Gasteiger partial charge in [0.2, 0.25) is 5.91 Å². The molecule has 4 rings (SSSR count). The number of carbonyl (C=O) groups is 1. The summed E-state index contributed by atoms with van der Waals surface area (Å²) in [6.45, 7) is 2.12. The molecule has 0 aliphatic carbocycles. The molecule has 3 aromatic rings. The van der Waals surface area contributed by atoms with Crippen molar-refractivity contribution in [1.29, 1.82) is 0 Å². The number of methoxy groups -OCH3 is 1. The average Bonchev–Trinajstić information content (AvgIpc) is 3.24. The number of anilines is 1. The van der Waals surface area contributed by atoms with Crippen LogP contribution < -0.4 is 10.1 Å². The Hall–Kier alpha value is -3.40. The monoisotopic (exact) mass is 459 g/mol. The van der Waals surface area contributed by atoms with Gasteiger partial charge in [-0.1, -0.05) is 6.07 Å². The smallest absolute Gasteiger partial charge is 0.435 e. The minimum atomic E-state index is -4.63. The molecule has 3 heterocycles. The minimum absolute atomic E-state index is 0.0200. The van der Waals surface area contributed by atoms with E-state index in [2.05, 4.69) is 20.3 Å². The molecule has 1 amide bonds. The number of carbonyl (C=O) groups excluding carboxylic acids is 1. The number of halogens is 3. The minimum Gasteiger partial charge on any atom is -0.497 e. The van der Waals surface area contributed by atoms with Crippen LogP contribution in [0.5, 0.6) is 5.75 Å². The Morgan fingerprint density at radius 2 is 1.88 bits per heavy atom. The number of aromatic nitrogens is 3. The van der Waals surface area contributed by atoms with Crippen molar-refractivity contribution in [2.45, 2.75) is 25.6 Å². The third-order valence-corrected chi connectivity index (χ3v) is 5.64. The average molecular weight is 459 g/mol. The number of likely N-dealkylation sites (tertiary alicyclic amines) is 1. The first-order valence-corrected chi connectivity index (χ1v) is 10.6. The SMILES string of the molecule is COc1ccc(-n2nc(C(F)(F)F)cc2NC(=O)C2CCN(Cc3ccccn3)CC2)cc1. The van der Waals surface area contributed by atoms with Crippen molar-refractivity contribution in [3.8, 4) is 11.4 Å². The van der Waals surface area contributed by atoms with Gasteiger partial charge in [0, 0.05) is 24.7 Å². The van der Waals surface area contributed by atoms with Gasteiger partial charge in [-0.25, -0.2) is 4.68 Å². The van der Waals surface area contributed by atoms with Crippen LogP contribution >= 0.6 is 0 Å². The second-order valence-electron chi connectivity index (χ2n) is 7.88. The number of nitrogens with one attached hydrogen (secondary N) is 1. The third kappa shape index (κ3) is 5.51. The van der Waals surface area contributed by atoms with E-state index in [0.717, 1.165) is 16.4 Å². The van der Waals surface area contributed by atoms with Crippen LogP contribution in [0.25, 0.3) is 5.69 Å². The fourth-order valence-electron chi connectivity index (χ4n) is 3.83. The Balaban J connectivity index is 1.45. The predicted molar refractivity (Wildman–Crippen MR) is 116 cm³/mol. The molecule has 0 radical (unpaired) electrons. The molecule has 0 spiro atoms. The number of piperidine rings is 1. The van der Waals surface area contributed by atoms with Crippen LogP contribution in [-0.2, 0) is 17.5 Å². The van der Waals surface area contributed by atoms with Crippen molar-refractivity contribution in [1.82, 2.24) is 19.7 Å². The Morgan fingerprint density at radius 3 is 2.48 bits per heavy atom. The molecule has 1 N–H and O–H groups in total. The van der Waals surface area contributed by atoms with Crippen molar-refractivity contribution in [3.63, 3.8) is 0 Å². The van der Waals surface area contributed by atoms with Crippen LogP contribution in [0, 0.1) is 5.92 Å². The van der Waals surface area contributed by atoms with Gasteiger partial charge in [-0.2, -0.15) is 18.3 Å². The quantitative estimate of drug-likeness (QED) is 0.600. The number of pyridine rings is 1. The van der Waals surface area contributed by atoms with Gasteiger partial charge in [-0.3, -0.25) is 14.7 Å². The summed E-state index contributed by atoms with van der Waals surface area (Å²) in [7, 11) is 1.50.